The molecule has 0 saturated heterocycles. The first-order chi connectivity index (χ1) is 11.1. The van der Waals surface area contributed by atoms with E-state index in [1.54, 1.807) is 0 Å². The molecule has 3 N–H and O–H groups in total. The van der Waals surface area contributed by atoms with Crippen LogP contribution >= 0.6 is 21.5 Å². The molecule has 0 saturated carbocycles. The van der Waals surface area contributed by atoms with Crippen molar-refractivity contribution < 1.29 is 15.3 Å². The molecule has 0 rings (SSSR count). The summed E-state index contributed by atoms with van der Waals surface area (Å²) in [6.07, 6.45) is 16.3. The van der Waals surface area contributed by atoms with Gasteiger partial charge in [-0.2, -0.15) is 9.90 Å². The molecule has 0 aromatic carbocycles. The number of hydrogen-bond donors (Lipinski definition) is 3. The summed E-state index contributed by atoms with van der Waals surface area (Å²) in [6.45, 7) is 1.58. The van der Waals surface area contributed by atoms with Gasteiger partial charge in [-0.05, 0) is 6.42 Å². The maximum atomic E-state index is 9.39. The van der Waals surface area contributed by atoms with E-state index in [1.807, 2.05) is 0 Å². The molecular weight excluding hydrogens is 343 g/mol. The highest BCUT2D eigenvalue weighted by Gasteiger charge is 2.34. The molecule has 148 valence electrons. The van der Waals surface area contributed by atoms with Crippen molar-refractivity contribution in [2.75, 3.05) is 19.8 Å². The molecule has 0 fully saturated rings. The average Bonchev–Trinajstić information content (AvgIpc) is 2.58. The van der Waals surface area contributed by atoms with E-state index in [4.69, 9.17) is 11.6 Å². The third kappa shape index (κ3) is 12.9. The van der Waals surface area contributed by atoms with Crippen LogP contribution in [0, 0.1) is 5.92 Å². The fourth-order valence-electron chi connectivity index (χ4n) is 3.05. The summed E-state index contributed by atoms with van der Waals surface area (Å²) >= 11 is 6.16. The summed E-state index contributed by atoms with van der Waals surface area (Å²) in [6, 6.07) is 0. The second-order valence-corrected chi connectivity index (χ2v) is 7.66. The lowest BCUT2D eigenvalue weighted by atomic mass is 9.88. The van der Waals surface area contributed by atoms with Crippen molar-refractivity contribution in [2.45, 2.75) is 95.3 Å². The first-order valence-electron chi connectivity index (χ1n) is 9.66. The first kappa shape index (κ1) is 26.8. The molecular formula is C19H42ClO3P. The Bertz CT molecular complexity index is 251. The number of halogens is 1. The monoisotopic (exact) mass is 384 g/mol. The molecule has 0 radical (unpaired) electrons. The molecule has 2 atom stereocenters. The maximum absolute atomic E-state index is 9.39. The molecule has 0 aliphatic heterocycles. The van der Waals surface area contributed by atoms with Crippen LogP contribution in [0.15, 0.2) is 0 Å². The quantitative estimate of drug-likeness (QED) is 0.193. The minimum atomic E-state index is -1.08. The van der Waals surface area contributed by atoms with Gasteiger partial charge in [0.05, 0.1) is 18.1 Å². The molecule has 0 aliphatic carbocycles. The van der Waals surface area contributed by atoms with Crippen LogP contribution in [0.1, 0.15) is 90.4 Å². The molecule has 0 aliphatic rings. The SMILES string of the molecule is CCCCCCCCCCCCCCC(CO)C(Cl)(CO)CO.P. The zero-order valence-electron chi connectivity index (χ0n) is 15.8. The van der Waals surface area contributed by atoms with Crippen molar-refractivity contribution in [3.8, 4) is 0 Å². The Hall–Kier alpha value is 0.600. The van der Waals surface area contributed by atoms with Crippen LogP contribution in [0.4, 0.5) is 0 Å². The van der Waals surface area contributed by atoms with E-state index in [0.717, 1.165) is 19.3 Å². The number of alkyl halides is 1. The second-order valence-electron chi connectivity index (χ2n) is 6.91. The van der Waals surface area contributed by atoms with Crippen LogP contribution in [-0.4, -0.2) is 40.0 Å². The predicted octanol–water partition coefficient (Wildman–Crippen LogP) is 4.71. The number of aliphatic hydroxyl groups excluding tert-OH is 3. The van der Waals surface area contributed by atoms with Gasteiger partial charge in [0.1, 0.15) is 0 Å². The van der Waals surface area contributed by atoms with Crippen LogP contribution in [0.3, 0.4) is 0 Å². The lowest BCUT2D eigenvalue weighted by Gasteiger charge is -2.30. The summed E-state index contributed by atoms with van der Waals surface area (Å²) in [5, 5.41) is 27.9. The Labute approximate surface area is 158 Å². The van der Waals surface area contributed by atoms with Crippen LogP contribution in [0.5, 0.6) is 0 Å². The second kappa shape index (κ2) is 18.4. The van der Waals surface area contributed by atoms with Gasteiger partial charge in [0.2, 0.25) is 0 Å². The molecule has 0 heterocycles. The van der Waals surface area contributed by atoms with Crippen LogP contribution in [0.2, 0.25) is 0 Å². The normalized spacial score (nSPS) is 12.9. The number of unbranched alkanes of at least 4 members (excludes halogenated alkanes) is 11. The maximum Gasteiger partial charge on any atom is 0.0955 e. The van der Waals surface area contributed by atoms with Gasteiger partial charge < -0.3 is 15.3 Å². The molecule has 5 heteroatoms. The fourth-order valence-corrected chi connectivity index (χ4v) is 3.23. The van der Waals surface area contributed by atoms with E-state index >= 15 is 0 Å². The van der Waals surface area contributed by atoms with Crippen molar-refractivity contribution in [3.63, 3.8) is 0 Å². The van der Waals surface area contributed by atoms with Crippen LogP contribution in [-0.2, 0) is 0 Å². The molecule has 2 unspecified atom stereocenters. The van der Waals surface area contributed by atoms with Crippen molar-refractivity contribution in [3.05, 3.63) is 0 Å². The Morgan fingerprint density at radius 3 is 1.42 bits per heavy atom. The van der Waals surface area contributed by atoms with Crippen LogP contribution in [0.25, 0.3) is 0 Å². The third-order valence-corrected chi connectivity index (χ3v) is 5.43. The van der Waals surface area contributed by atoms with E-state index in [9.17, 15) is 15.3 Å². The minimum absolute atomic E-state index is 0. The van der Waals surface area contributed by atoms with Gasteiger partial charge in [0.25, 0.3) is 0 Å². The Kier molecular flexibility index (Phi) is 20.6. The standard InChI is InChI=1S/C19H39ClO3.H3P/c1-2-3-4-5-6-7-8-9-10-11-12-13-14-18(15-21)19(20,16-22)17-23;/h18,21-23H,2-17H2,1H3;1H3. The molecule has 0 aromatic rings. The summed E-state index contributed by atoms with van der Waals surface area (Å²) in [7, 11) is 0. The van der Waals surface area contributed by atoms with Gasteiger partial charge in [-0.15, -0.1) is 11.6 Å². The van der Waals surface area contributed by atoms with Gasteiger partial charge in [-0.3, -0.25) is 0 Å². The lowest BCUT2D eigenvalue weighted by Crippen LogP contribution is -2.41. The van der Waals surface area contributed by atoms with Crippen molar-refractivity contribution >= 4 is 21.5 Å². The lowest BCUT2D eigenvalue weighted by molar-refractivity contribution is 0.0866. The first-order valence-corrected chi connectivity index (χ1v) is 10.0. The molecule has 0 amide bonds. The van der Waals surface area contributed by atoms with Gasteiger partial charge in [-0.1, -0.05) is 84.0 Å². The third-order valence-electron chi connectivity index (χ3n) is 4.88. The van der Waals surface area contributed by atoms with E-state index in [0.29, 0.717) is 0 Å². The van der Waals surface area contributed by atoms with Gasteiger partial charge in [0.15, 0.2) is 0 Å². The van der Waals surface area contributed by atoms with Crippen molar-refractivity contribution in [2.24, 2.45) is 5.92 Å². The van der Waals surface area contributed by atoms with E-state index in [-0.39, 0.29) is 35.6 Å². The number of hydrogen-bond acceptors (Lipinski definition) is 3. The topological polar surface area (TPSA) is 60.7 Å². The number of aliphatic hydroxyl groups is 3. The largest absolute Gasteiger partial charge is 0.396 e. The summed E-state index contributed by atoms with van der Waals surface area (Å²) in [5.74, 6) is -0.234. The van der Waals surface area contributed by atoms with Crippen molar-refractivity contribution in [1.29, 1.82) is 0 Å². The Morgan fingerprint density at radius 1 is 0.708 bits per heavy atom. The molecule has 24 heavy (non-hydrogen) atoms. The average molecular weight is 385 g/mol. The molecule has 0 aromatic heterocycles. The summed E-state index contributed by atoms with van der Waals surface area (Å²) < 4.78 is 0. The van der Waals surface area contributed by atoms with E-state index in [1.165, 1.54) is 64.2 Å². The molecule has 0 bridgehead atoms. The van der Waals surface area contributed by atoms with Crippen molar-refractivity contribution in [1.82, 2.24) is 0 Å². The predicted molar refractivity (Wildman–Crippen MR) is 110 cm³/mol. The zero-order valence-corrected chi connectivity index (χ0v) is 18.0. The molecule has 3 nitrogen and oxygen atoms in total. The van der Waals surface area contributed by atoms with Gasteiger partial charge in [-0.25, -0.2) is 0 Å². The highest BCUT2D eigenvalue weighted by molar-refractivity contribution is 6.92. The smallest absolute Gasteiger partial charge is 0.0955 e. The summed E-state index contributed by atoms with van der Waals surface area (Å²) in [4.78, 5) is -1.08. The molecule has 0 spiro atoms. The zero-order chi connectivity index (χ0) is 17.4. The Morgan fingerprint density at radius 2 is 1.08 bits per heavy atom. The highest BCUT2D eigenvalue weighted by atomic mass is 35.5. The van der Waals surface area contributed by atoms with E-state index < -0.39 is 4.87 Å². The fraction of sp³-hybridized carbons (Fsp3) is 1.00. The summed E-state index contributed by atoms with van der Waals surface area (Å²) in [5.41, 5.74) is 0. The minimum Gasteiger partial charge on any atom is -0.396 e. The van der Waals surface area contributed by atoms with Gasteiger partial charge >= 0.3 is 0 Å². The van der Waals surface area contributed by atoms with E-state index in [2.05, 4.69) is 6.92 Å². The highest BCUT2D eigenvalue weighted by Crippen LogP contribution is 2.29. The number of rotatable bonds is 17. The van der Waals surface area contributed by atoms with Gasteiger partial charge in [0, 0.05) is 12.5 Å². The van der Waals surface area contributed by atoms with Crippen LogP contribution < -0.4 is 0 Å². The Balaban J connectivity index is 0.